The number of nitrogens with zero attached hydrogens (tertiary/aromatic N) is 3. The first-order valence-electron chi connectivity index (χ1n) is 8.69. The number of aryl methyl sites for hydroxylation is 2. The Morgan fingerprint density at radius 3 is 2.76 bits per heavy atom. The van der Waals surface area contributed by atoms with Gasteiger partial charge in [-0.3, -0.25) is 9.48 Å². The third-order valence-electron chi connectivity index (χ3n) is 3.96. The van der Waals surface area contributed by atoms with Crippen molar-refractivity contribution in [1.82, 2.24) is 19.7 Å². The second-order valence-electron chi connectivity index (χ2n) is 6.63. The lowest BCUT2D eigenvalue weighted by Crippen LogP contribution is -2.13. The van der Waals surface area contributed by atoms with Crippen molar-refractivity contribution in [3.63, 3.8) is 0 Å². The fraction of sp³-hybridized carbons (Fsp3) is 0.421. The van der Waals surface area contributed by atoms with Gasteiger partial charge < -0.3 is 9.72 Å². The minimum absolute atomic E-state index is 0.184. The lowest BCUT2D eigenvalue weighted by atomic mass is 10.1. The molecule has 3 aromatic rings. The van der Waals surface area contributed by atoms with Gasteiger partial charge in [0.15, 0.2) is 5.52 Å². The van der Waals surface area contributed by atoms with Crippen LogP contribution in [0.25, 0.3) is 22.4 Å². The smallest absolute Gasteiger partial charge is 0.277 e. The van der Waals surface area contributed by atoms with Gasteiger partial charge in [0, 0.05) is 7.05 Å². The van der Waals surface area contributed by atoms with Gasteiger partial charge in [-0.25, -0.2) is 4.98 Å². The maximum atomic E-state index is 12.6. The normalized spacial score (nSPS) is 11.4. The first-order valence-corrected chi connectivity index (χ1v) is 8.69. The van der Waals surface area contributed by atoms with E-state index in [1.165, 1.54) is 0 Å². The lowest BCUT2D eigenvalue weighted by Gasteiger charge is -2.12. The van der Waals surface area contributed by atoms with E-state index in [1.54, 1.807) is 11.7 Å². The molecule has 1 N–H and O–H groups in total. The Morgan fingerprint density at radius 1 is 1.28 bits per heavy atom. The van der Waals surface area contributed by atoms with E-state index >= 15 is 0 Å². The van der Waals surface area contributed by atoms with Crippen LogP contribution in [0.1, 0.15) is 32.9 Å². The third-order valence-corrected chi connectivity index (χ3v) is 3.96. The summed E-state index contributed by atoms with van der Waals surface area (Å²) >= 11 is 0. The van der Waals surface area contributed by atoms with Gasteiger partial charge in [0.1, 0.15) is 17.1 Å². The molecule has 0 atom stereocenters. The summed E-state index contributed by atoms with van der Waals surface area (Å²) in [6.07, 6.45) is 1.74. The molecule has 6 heteroatoms. The van der Waals surface area contributed by atoms with Gasteiger partial charge in [0.2, 0.25) is 0 Å². The van der Waals surface area contributed by atoms with Crippen molar-refractivity contribution < 1.29 is 4.74 Å². The first-order chi connectivity index (χ1) is 12.0. The summed E-state index contributed by atoms with van der Waals surface area (Å²) in [4.78, 5) is 20.2. The quantitative estimate of drug-likeness (QED) is 0.747. The fourth-order valence-corrected chi connectivity index (χ4v) is 2.82. The molecular formula is C19H24N4O2. The molecule has 0 saturated heterocycles. The Labute approximate surface area is 146 Å². The number of aromatic nitrogens is 4. The predicted octanol–water partition coefficient (Wildman–Crippen LogP) is 3.31. The van der Waals surface area contributed by atoms with E-state index in [4.69, 9.17) is 9.72 Å². The van der Waals surface area contributed by atoms with E-state index < -0.39 is 0 Å². The summed E-state index contributed by atoms with van der Waals surface area (Å²) in [5.74, 6) is 1.65. The number of nitrogens with one attached hydrogen (secondary N) is 1. The van der Waals surface area contributed by atoms with Crippen LogP contribution in [0.15, 0.2) is 29.1 Å². The zero-order valence-corrected chi connectivity index (χ0v) is 15.2. The minimum Gasteiger partial charge on any atom is -0.493 e. The molecule has 0 fully saturated rings. The summed E-state index contributed by atoms with van der Waals surface area (Å²) in [6, 6.07) is 7.65. The molecule has 0 radical (unpaired) electrons. The average molecular weight is 340 g/mol. The first kappa shape index (κ1) is 17.2. The van der Waals surface area contributed by atoms with Crippen molar-refractivity contribution in [3.05, 3.63) is 40.3 Å². The maximum Gasteiger partial charge on any atom is 0.277 e. The number of fused-ring (bicyclic) bond motifs is 1. The molecule has 132 valence electrons. The van der Waals surface area contributed by atoms with E-state index in [1.807, 2.05) is 24.3 Å². The molecule has 0 bridgehead atoms. The summed E-state index contributed by atoms with van der Waals surface area (Å²) in [7, 11) is 1.78. The van der Waals surface area contributed by atoms with E-state index in [0.717, 1.165) is 29.8 Å². The van der Waals surface area contributed by atoms with Gasteiger partial charge in [-0.15, -0.1) is 0 Å². The molecule has 25 heavy (non-hydrogen) atoms. The van der Waals surface area contributed by atoms with Crippen molar-refractivity contribution in [2.45, 2.75) is 33.6 Å². The monoisotopic (exact) mass is 340 g/mol. The Balaban J connectivity index is 2.14. The number of hydrogen-bond donors (Lipinski definition) is 1. The highest BCUT2D eigenvalue weighted by molar-refractivity contribution is 5.79. The minimum atomic E-state index is -0.184. The van der Waals surface area contributed by atoms with Crippen LogP contribution in [-0.4, -0.2) is 26.4 Å². The topological polar surface area (TPSA) is 72.8 Å². The summed E-state index contributed by atoms with van der Waals surface area (Å²) in [5.41, 5.74) is 2.63. The molecule has 2 aromatic heterocycles. The Morgan fingerprint density at radius 2 is 2.04 bits per heavy atom. The molecule has 0 amide bonds. The molecule has 3 rings (SSSR count). The van der Waals surface area contributed by atoms with E-state index in [9.17, 15) is 4.79 Å². The molecule has 6 nitrogen and oxygen atoms in total. The van der Waals surface area contributed by atoms with E-state index in [2.05, 4.69) is 30.9 Å². The summed E-state index contributed by atoms with van der Waals surface area (Å²) < 4.78 is 7.51. The van der Waals surface area contributed by atoms with Crippen LogP contribution in [0.3, 0.4) is 0 Å². The maximum absolute atomic E-state index is 12.6. The van der Waals surface area contributed by atoms with E-state index in [0.29, 0.717) is 29.4 Å². The summed E-state index contributed by atoms with van der Waals surface area (Å²) in [6.45, 7) is 6.89. The van der Waals surface area contributed by atoms with Gasteiger partial charge in [-0.2, -0.15) is 5.10 Å². The van der Waals surface area contributed by atoms with Crippen LogP contribution >= 0.6 is 0 Å². The number of aromatic amines is 1. The largest absolute Gasteiger partial charge is 0.493 e. The van der Waals surface area contributed by atoms with Crippen LogP contribution in [0, 0.1) is 5.92 Å². The molecule has 1 aromatic carbocycles. The SMILES string of the molecule is CCCc1nn(C)c2c(=O)[nH]c(-c3ccccc3OCC(C)C)nc12. The number of para-hydroxylation sites is 1. The van der Waals surface area contributed by atoms with Gasteiger partial charge in [0.05, 0.1) is 17.9 Å². The highest BCUT2D eigenvalue weighted by atomic mass is 16.5. The molecule has 0 aliphatic carbocycles. The highest BCUT2D eigenvalue weighted by Crippen LogP contribution is 2.28. The molecule has 2 heterocycles. The molecule has 0 aliphatic heterocycles. The number of benzene rings is 1. The number of ether oxygens (including phenoxy) is 1. The van der Waals surface area contributed by atoms with Crippen LogP contribution in [0.4, 0.5) is 0 Å². The summed E-state index contributed by atoms with van der Waals surface area (Å²) in [5, 5.41) is 4.46. The number of H-pyrrole nitrogens is 1. The molecular weight excluding hydrogens is 316 g/mol. The molecule has 0 unspecified atom stereocenters. The Bertz CT molecular complexity index is 940. The average Bonchev–Trinajstić information content (AvgIpc) is 2.90. The van der Waals surface area contributed by atoms with Crippen LogP contribution in [-0.2, 0) is 13.5 Å². The van der Waals surface area contributed by atoms with Crippen LogP contribution < -0.4 is 10.3 Å². The molecule has 0 spiro atoms. The standard InChI is InChI=1S/C19H24N4O2/c1-5-8-14-16-17(23(4)22-14)19(24)21-18(20-16)13-9-6-7-10-15(13)25-11-12(2)3/h6-7,9-10,12H,5,8,11H2,1-4H3,(H,20,21,24). The molecule has 0 saturated carbocycles. The second-order valence-corrected chi connectivity index (χ2v) is 6.63. The predicted molar refractivity (Wildman–Crippen MR) is 98.9 cm³/mol. The van der Waals surface area contributed by atoms with Crippen LogP contribution in [0.5, 0.6) is 5.75 Å². The van der Waals surface area contributed by atoms with Crippen molar-refractivity contribution in [3.8, 4) is 17.1 Å². The van der Waals surface area contributed by atoms with Gasteiger partial charge >= 0.3 is 0 Å². The second kappa shape index (κ2) is 7.09. The molecule has 0 aliphatic rings. The van der Waals surface area contributed by atoms with Gasteiger partial charge in [0.25, 0.3) is 5.56 Å². The zero-order valence-electron chi connectivity index (χ0n) is 15.2. The number of rotatable bonds is 6. The van der Waals surface area contributed by atoms with Crippen molar-refractivity contribution in [2.75, 3.05) is 6.61 Å². The zero-order chi connectivity index (χ0) is 18.0. The Hall–Kier alpha value is -2.63. The van der Waals surface area contributed by atoms with Crippen molar-refractivity contribution in [2.24, 2.45) is 13.0 Å². The van der Waals surface area contributed by atoms with Crippen molar-refractivity contribution in [1.29, 1.82) is 0 Å². The fourth-order valence-electron chi connectivity index (χ4n) is 2.82. The Kier molecular flexibility index (Phi) is 4.88. The third kappa shape index (κ3) is 3.43. The van der Waals surface area contributed by atoms with Gasteiger partial charge in [-0.1, -0.05) is 39.3 Å². The van der Waals surface area contributed by atoms with E-state index in [-0.39, 0.29) is 5.56 Å². The lowest BCUT2D eigenvalue weighted by molar-refractivity contribution is 0.272. The van der Waals surface area contributed by atoms with Crippen molar-refractivity contribution >= 4 is 11.0 Å². The highest BCUT2D eigenvalue weighted by Gasteiger charge is 2.17. The van der Waals surface area contributed by atoms with Gasteiger partial charge in [-0.05, 0) is 24.5 Å². The number of hydrogen-bond acceptors (Lipinski definition) is 4. The van der Waals surface area contributed by atoms with Crippen LogP contribution in [0.2, 0.25) is 0 Å².